The summed E-state index contributed by atoms with van der Waals surface area (Å²) in [4.78, 5) is 12.3. The molecular weight excluding hydrogens is 337 g/mol. The molecular formula is C16H19Cl2N3O2. The molecule has 2 N–H and O–H groups in total. The molecule has 1 fully saturated rings. The molecule has 0 bridgehead atoms. The number of carbonyl (C=O) groups is 1. The van der Waals surface area contributed by atoms with Gasteiger partial charge in [0.15, 0.2) is 11.5 Å². The molecule has 2 aromatic rings. The van der Waals surface area contributed by atoms with Crippen LogP contribution in [0, 0.1) is 0 Å². The van der Waals surface area contributed by atoms with E-state index in [0.29, 0.717) is 22.5 Å². The summed E-state index contributed by atoms with van der Waals surface area (Å²) < 4.78 is 5.26. The Kier molecular flexibility index (Phi) is 6.04. The van der Waals surface area contributed by atoms with E-state index in [1.165, 1.54) is 0 Å². The van der Waals surface area contributed by atoms with Gasteiger partial charge in [-0.15, -0.1) is 12.4 Å². The Morgan fingerprint density at radius 2 is 2.26 bits per heavy atom. The van der Waals surface area contributed by atoms with Crippen LogP contribution in [0.15, 0.2) is 34.9 Å². The minimum absolute atomic E-state index is 0. The summed E-state index contributed by atoms with van der Waals surface area (Å²) in [6.45, 7) is 3.03. The van der Waals surface area contributed by atoms with Crippen LogP contribution in [0.3, 0.4) is 0 Å². The zero-order valence-corrected chi connectivity index (χ0v) is 14.3. The first-order valence-electron chi connectivity index (χ1n) is 7.39. The van der Waals surface area contributed by atoms with Crippen molar-refractivity contribution in [3.05, 3.63) is 41.0 Å². The van der Waals surface area contributed by atoms with Crippen LogP contribution in [0.1, 0.15) is 30.3 Å². The van der Waals surface area contributed by atoms with Crippen LogP contribution >= 0.6 is 24.0 Å². The van der Waals surface area contributed by atoms with Crippen molar-refractivity contribution in [2.75, 3.05) is 6.54 Å². The van der Waals surface area contributed by atoms with Gasteiger partial charge in [-0.2, -0.15) is 0 Å². The van der Waals surface area contributed by atoms with Gasteiger partial charge in [0.25, 0.3) is 5.91 Å². The maximum atomic E-state index is 12.3. The van der Waals surface area contributed by atoms with E-state index < -0.39 is 0 Å². The van der Waals surface area contributed by atoms with Crippen LogP contribution < -0.4 is 10.6 Å². The molecule has 124 valence electrons. The fourth-order valence-electron chi connectivity index (χ4n) is 2.68. The molecule has 2 heterocycles. The molecule has 1 aromatic heterocycles. The highest BCUT2D eigenvalue weighted by Crippen LogP contribution is 2.23. The van der Waals surface area contributed by atoms with Crippen LogP contribution in [0.5, 0.6) is 0 Å². The fourth-order valence-corrected chi connectivity index (χ4v) is 2.87. The normalized spacial score (nSPS) is 20.6. The summed E-state index contributed by atoms with van der Waals surface area (Å²) in [6.07, 6.45) is 1.85. The summed E-state index contributed by atoms with van der Waals surface area (Å²) in [5.41, 5.74) is 1.09. The number of amides is 1. The number of carbonyl (C=O) groups excluding carboxylic acids is 1. The lowest BCUT2D eigenvalue weighted by atomic mass is 10.0. The van der Waals surface area contributed by atoms with E-state index in [1.807, 2.05) is 12.1 Å². The van der Waals surface area contributed by atoms with E-state index in [1.54, 1.807) is 18.2 Å². The van der Waals surface area contributed by atoms with Gasteiger partial charge in [-0.3, -0.25) is 4.79 Å². The molecule has 5 nitrogen and oxygen atoms in total. The molecule has 0 radical (unpaired) electrons. The van der Waals surface area contributed by atoms with Gasteiger partial charge in [0.2, 0.25) is 0 Å². The van der Waals surface area contributed by atoms with Crippen LogP contribution in [0.25, 0.3) is 11.3 Å². The van der Waals surface area contributed by atoms with E-state index in [0.717, 1.165) is 24.9 Å². The monoisotopic (exact) mass is 355 g/mol. The lowest BCUT2D eigenvalue weighted by Gasteiger charge is -2.28. The third kappa shape index (κ3) is 4.47. The summed E-state index contributed by atoms with van der Waals surface area (Å²) in [6, 6.07) is 9.49. The number of hydrogen-bond acceptors (Lipinski definition) is 4. The third-order valence-electron chi connectivity index (χ3n) is 3.81. The summed E-state index contributed by atoms with van der Waals surface area (Å²) in [5.74, 6) is 0.336. The number of benzene rings is 1. The Labute approximate surface area is 146 Å². The van der Waals surface area contributed by atoms with Crippen molar-refractivity contribution in [3.63, 3.8) is 0 Å². The highest BCUT2D eigenvalue weighted by atomic mass is 35.5. The fraction of sp³-hybridized carbons (Fsp3) is 0.375. The Bertz CT molecular complexity index is 675. The highest BCUT2D eigenvalue weighted by Gasteiger charge is 2.22. The Balaban J connectivity index is 0.00000192. The van der Waals surface area contributed by atoms with Gasteiger partial charge >= 0.3 is 0 Å². The zero-order valence-electron chi connectivity index (χ0n) is 12.7. The van der Waals surface area contributed by atoms with Crippen molar-refractivity contribution in [1.29, 1.82) is 0 Å². The first kappa shape index (κ1) is 17.8. The number of halogens is 2. The van der Waals surface area contributed by atoms with Gasteiger partial charge in [0.05, 0.1) is 0 Å². The van der Waals surface area contributed by atoms with Crippen molar-refractivity contribution in [1.82, 2.24) is 15.8 Å². The molecule has 2 atom stereocenters. The zero-order chi connectivity index (χ0) is 15.5. The van der Waals surface area contributed by atoms with Gasteiger partial charge < -0.3 is 15.2 Å². The van der Waals surface area contributed by atoms with Gasteiger partial charge in [0, 0.05) is 28.7 Å². The molecule has 7 heteroatoms. The highest BCUT2D eigenvalue weighted by molar-refractivity contribution is 6.30. The van der Waals surface area contributed by atoms with E-state index in [-0.39, 0.29) is 24.4 Å². The standard InChI is InChI=1S/C16H18ClN3O2.ClH/c1-10-7-13(5-6-18-10)19-16(21)14-9-15(22-20-14)11-3-2-4-12(17)8-11;/h2-4,8-10,13,18H,5-7H2,1H3,(H,19,21);1H. The predicted octanol–water partition coefficient (Wildman–Crippen LogP) is 3.29. The Hall–Kier alpha value is -1.56. The number of rotatable bonds is 3. The molecule has 0 aliphatic carbocycles. The second-order valence-corrected chi connectivity index (χ2v) is 6.07. The number of aromatic nitrogens is 1. The number of hydrogen-bond donors (Lipinski definition) is 2. The minimum atomic E-state index is -0.198. The number of piperidine rings is 1. The molecule has 1 aromatic carbocycles. The van der Waals surface area contributed by atoms with Crippen LogP contribution in [0.2, 0.25) is 5.02 Å². The largest absolute Gasteiger partial charge is 0.355 e. The second-order valence-electron chi connectivity index (χ2n) is 5.64. The van der Waals surface area contributed by atoms with Gasteiger partial charge in [-0.05, 0) is 38.4 Å². The molecule has 1 aliphatic rings. The first-order chi connectivity index (χ1) is 10.6. The lowest BCUT2D eigenvalue weighted by Crippen LogP contribution is -2.46. The summed E-state index contributed by atoms with van der Waals surface area (Å²) in [5, 5.41) is 10.8. The van der Waals surface area contributed by atoms with Gasteiger partial charge in [0.1, 0.15) is 0 Å². The maximum Gasteiger partial charge on any atom is 0.273 e. The second kappa shape index (κ2) is 7.81. The SMILES string of the molecule is CC1CC(NC(=O)c2cc(-c3cccc(Cl)c3)on2)CCN1.Cl. The lowest BCUT2D eigenvalue weighted by molar-refractivity contribution is 0.0916. The first-order valence-corrected chi connectivity index (χ1v) is 7.76. The van der Waals surface area contributed by atoms with Crippen LogP contribution in [-0.4, -0.2) is 29.7 Å². The van der Waals surface area contributed by atoms with E-state index in [9.17, 15) is 4.79 Å². The van der Waals surface area contributed by atoms with E-state index in [4.69, 9.17) is 16.1 Å². The molecule has 0 spiro atoms. The summed E-state index contributed by atoms with van der Waals surface area (Å²) >= 11 is 5.96. The summed E-state index contributed by atoms with van der Waals surface area (Å²) in [7, 11) is 0. The molecule has 1 saturated heterocycles. The van der Waals surface area contributed by atoms with E-state index in [2.05, 4.69) is 22.7 Å². The average molecular weight is 356 g/mol. The van der Waals surface area contributed by atoms with Crippen molar-refractivity contribution in [2.24, 2.45) is 0 Å². The van der Waals surface area contributed by atoms with Gasteiger partial charge in [-0.1, -0.05) is 28.9 Å². The molecule has 3 rings (SSSR count). The predicted molar refractivity (Wildman–Crippen MR) is 92.1 cm³/mol. The van der Waals surface area contributed by atoms with Crippen LogP contribution in [0.4, 0.5) is 0 Å². The topological polar surface area (TPSA) is 67.2 Å². The third-order valence-corrected chi connectivity index (χ3v) is 4.05. The molecule has 2 unspecified atom stereocenters. The van der Waals surface area contributed by atoms with Gasteiger partial charge in [-0.25, -0.2) is 0 Å². The Morgan fingerprint density at radius 1 is 1.43 bits per heavy atom. The molecule has 0 saturated carbocycles. The average Bonchev–Trinajstić information content (AvgIpc) is 2.97. The van der Waals surface area contributed by atoms with Crippen molar-refractivity contribution >= 4 is 29.9 Å². The number of nitrogens with zero attached hydrogens (tertiary/aromatic N) is 1. The smallest absolute Gasteiger partial charge is 0.273 e. The minimum Gasteiger partial charge on any atom is -0.355 e. The molecule has 23 heavy (non-hydrogen) atoms. The molecule has 1 aliphatic heterocycles. The van der Waals surface area contributed by atoms with Crippen molar-refractivity contribution < 1.29 is 9.32 Å². The molecule has 1 amide bonds. The maximum absolute atomic E-state index is 12.3. The van der Waals surface area contributed by atoms with Crippen molar-refractivity contribution in [2.45, 2.75) is 31.8 Å². The van der Waals surface area contributed by atoms with E-state index >= 15 is 0 Å². The number of nitrogens with one attached hydrogen (secondary N) is 2. The van der Waals surface area contributed by atoms with Crippen molar-refractivity contribution in [3.8, 4) is 11.3 Å². The Morgan fingerprint density at radius 3 is 3.00 bits per heavy atom. The quantitative estimate of drug-likeness (QED) is 0.886. The van der Waals surface area contributed by atoms with Crippen LogP contribution in [-0.2, 0) is 0 Å².